The number of phenolic OH excluding ortho intramolecular Hbond substituents is 1. The Kier molecular flexibility index (Phi) is 2.68. The molecule has 1 aliphatic rings. The number of anilines is 2. The number of hydrogen-bond donors (Lipinski definition) is 3. The molecule has 2 aromatic carbocycles. The van der Waals surface area contributed by atoms with Gasteiger partial charge in [-0.05, 0) is 18.2 Å². The SMILES string of the molecule is O=C1Nc2ccccc2/C1=C\Nc1cccc(O)c1. The van der Waals surface area contributed by atoms with E-state index < -0.39 is 0 Å². The number of amides is 1. The van der Waals surface area contributed by atoms with Crippen LogP contribution >= 0.6 is 0 Å². The van der Waals surface area contributed by atoms with E-state index in [0.29, 0.717) is 5.57 Å². The first-order valence-electron chi connectivity index (χ1n) is 5.90. The van der Waals surface area contributed by atoms with Crippen LogP contribution in [0.2, 0.25) is 0 Å². The van der Waals surface area contributed by atoms with Crippen molar-refractivity contribution in [2.75, 3.05) is 10.6 Å². The number of nitrogens with one attached hydrogen (secondary N) is 2. The fourth-order valence-corrected chi connectivity index (χ4v) is 2.03. The lowest BCUT2D eigenvalue weighted by molar-refractivity contribution is -0.110. The number of aromatic hydroxyl groups is 1. The summed E-state index contributed by atoms with van der Waals surface area (Å²) in [6.07, 6.45) is 1.65. The molecule has 0 spiro atoms. The average molecular weight is 252 g/mol. The highest BCUT2D eigenvalue weighted by atomic mass is 16.3. The molecule has 19 heavy (non-hydrogen) atoms. The molecule has 4 nitrogen and oxygen atoms in total. The highest BCUT2D eigenvalue weighted by molar-refractivity contribution is 6.31. The molecule has 0 atom stereocenters. The van der Waals surface area contributed by atoms with Gasteiger partial charge in [-0.25, -0.2) is 0 Å². The summed E-state index contributed by atoms with van der Waals surface area (Å²) in [5.41, 5.74) is 3.00. The minimum atomic E-state index is -0.131. The molecule has 0 aliphatic carbocycles. The van der Waals surface area contributed by atoms with Gasteiger partial charge in [-0.3, -0.25) is 4.79 Å². The Hall–Kier alpha value is -2.75. The molecule has 0 saturated carbocycles. The zero-order valence-corrected chi connectivity index (χ0v) is 10.1. The number of phenols is 1. The van der Waals surface area contributed by atoms with Crippen molar-refractivity contribution >= 4 is 22.9 Å². The zero-order chi connectivity index (χ0) is 13.2. The maximum Gasteiger partial charge on any atom is 0.257 e. The fraction of sp³-hybridized carbons (Fsp3) is 0. The first-order valence-corrected chi connectivity index (χ1v) is 5.90. The third kappa shape index (κ3) is 2.15. The van der Waals surface area contributed by atoms with Crippen LogP contribution in [0.1, 0.15) is 5.56 Å². The molecule has 0 bridgehead atoms. The van der Waals surface area contributed by atoms with E-state index in [1.54, 1.807) is 24.4 Å². The number of benzene rings is 2. The van der Waals surface area contributed by atoms with Gasteiger partial charge in [0.25, 0.3) is 5.91 Å². The van der Waals surface area contributed by atoms with Crippen molar-refractivity contribution in [1.82, 2.24) is 0 Å². The molecule has 4 heteroatoms. The van der Waals surface area contributed by atoms with Crippen LogP contribution in [0.4, 0.5) is 11.4 Å². The molecule has 94 valence electrons. The molecule has 0 saturated heterocycles. The molecule has 1 amide bonds. The normalized spacial score (nSPS) is 15.2. The van der Waals surface area contributed by atoms with Gasteiger partial charge in [0, 0.05) is 29.2 Å². The van der Waals surface area contributed by atoms with Gasteiger partial charge in [0.2, 0.25) is 0 Å². The van der Waals surface area contributed by atoms with Crippen LogP contribution in [0.25, 0.3) is 5.57 Å². The lowest BCUT2D eigenvalue weighted by Crippen LogP contribution is -2.05. The van der Waals surface area contributed by atoms with Gasteiger partial charge in [-0.1, -0.05) is 24.3 Å². The summed E-state index contributed by atoms with van der Waals surface area (Å²) in [6.45, 7) is 0. The first-order chi connectivity index (χ1) is 9.24. The lowest BCUT2D eigenvalue weighted by atomic mass is 10.1. The molecule has 0 radical (unpaired) electrons. The molecule has 1 heterocycles. The van der Waals surface area contributed by atoms with Crippen molar-refractivity contribution in [3.63, 3.8) is 0 Å². The minimum Gasteiger partial charge on any atom is -0.508 e. The molecular weight excluding hydrogens is 240 g/mol. The number of carbonyl (C=O) groups excluding carboxylic acids is 1. The summed E-state index contributed by atoms with van der Waals surface area (Å²) in [5.74, 6) is 0.0496. The Morgan fingerprint density at radius 1 is 1.11 bits per heavy atom. The third-order valence-electron chi connectivity index (χ3n) is 2.94. The van der Waals surface area contributed by atoms with Crippen LogP contribution in [-0.4, -0.2) is 11.0 Å². The van der Waals surface area contributed by atoms with Crippen LogP contribution in [0.5, 0.6) is 5.75 Å². The molecule has 0 unspecified atom stereocenters. The smallest absolute Gasteiger partial charge is 0.257 e. The maximum atomic E-state index is 11.9. The molecule has 0 aromatic heterocycles. The van der Waals surface area contributed by atoms with Crippen molar-refractivity contribution < 1.29 is 9.90 Å². The maximum absolute atomic E-state index is 11.9. The molecule has 3 rings (SSSR count). The van der Waals surface area contributed by atoms with E-state index in [2.05, 4.69) is 10.6 Å². The van der Waals surface area contributed by atoms with E-state index in [0.717, 1.165) is 16.9 Å². The van der Waals surface area contributed by atoms with E-state index >= 15 is 0 Å². The Morgan fingerprint density at radius 3 is 2.79 bits per heavy atom. The predicted octanol–water partition coefficient (Wildman–Crippen LogP) is 2.80. The second kappa shape index (κ2) is 4.49. The van der Waals surface area contributed by atoms with Crippen molar-refractivity contribution in [1.29, 1.82) is 0 Å². The summed E-state index contributed by atoms with van der Waals surface area (Å²) >= 11 is 0. The molecule has 2 aromatic rings. The number of para-hydroxylation sites is 1. The monoisotopic (exact) mass is 252 g/mol. The van der Waals surface area contributed by atoms with Crippen molar-refractivity contribution in [2.45, 2.75) is 0 Å². The van der Waals surface area contributed by atoms with Gasteiger partial charge < -0.3 is 15.7 Å². The van der Waals surface area contributed by atoms with E-state index in [1.807, 2.05) is 30.3 Å². The van der Waals surface area contributed by atoms with Crippen molar-refractivity contribution in [3.05, 3.63) is 60.3 Å². The highest BCUT2D eigenvalue weighted by Crippen LogP contribution is 2.31. The Labute approximate surface area is 110 Å². The Balaban J connectivity index is 1.90. The molecule has 3 N–H and O–H groups in total. The number of rotatable bonds is 2. The standard InChI is InChI=1S/C15H12N2O2/c18-11-5-3-4-10(8-11)16-9-13-12-6-1-2-7-14(12)17-15(13)19/h1-9,16,18H,(H,17,19)/b13-9+. The van der Waals surface area contributed by atoms with Gasteiger partial charge in [-0.15, -0.1) is 0 Å². The fourth-order valence-electron chi connectivity index (χ4n) is 2.03. The Bertz CT molecular complexity index is 677. The van der Waals surface area contributed by atoms with E-state index in [1.165, 1.54) is 0 Å². The molecule has 1 aliphatic heterocycles. The van der Waals surface area contributed by atoms with Crippen molar-refractivity contribution in [2.24, 2.45) is 0 Å². The van der Waals surface area contributed by atoms with Crippen molar-refractivity contribution in [3.8, 4) is 5.75 Å². The summed E-state index contributed by atoms with van der Waals surface area (Å²) in [5, 5.41) is 15.2. The molecular formula is C15H12N2O2. The summed E-state index contributed by atoms with van der Waals surface area (Å²) < 4.78 is 0. The highest BCUT2D eigenvalue weighted by Gasteiger charge is 2.23. The van der Waals surface area contributed by atoms with Gasteiger partial charge in [-0.2, -0.15) is 0 Å². The summed E-state index contributed by atoms with van der Waals surface area (Å²) in [6, 6.07) is 14.3. The summed E-state index contributed by atoms with van der Waals surface area (Å²) in [4.78, 5) is 11.9. The van der Waals surface area contributed by atoms with Crippen LogP contribution in [0, 0.1) is 0 Å². The number of hydrogen-bond acceptors (Lipinski definition) is 3. The van der Waals surface area contributed by atoms with Crippen LogP contribution in [0.3, 0.4) is 0 Å². The zero-order valence-electron chi connectivity index (χ0n) is 10.1. The van der Waals surface area contributed by atoms with E-state index in [4.69, 9.17) is 0 Å². The molecule has 0 fully saturated rings. The number of fused-ring (bicyclic) bond motifs is 1. The van der Waals surface area contributed by atoms with Gasteiger partial charge in [0.05, 0.1) is 5.57 Å². The lowest BCUT2D eigenvalue weighted by Gasteiger charge is -2.02. The van der Waals surface area contributed by atoms with Crippen LogP contribution in [0.15, 0.2) is 54.7 Å². The van der Waals surface area contributed by atoms with E-state index in [9.17, 15) is 9.90 Å². The second-order valence-corrected chi connectivity index (χ2v) is 4.25. The topological polar surface area (TPSA) is 61.4 Å². The Morgan fingerprint density at radius 2 is 1.95 bits per heavy atom. The average Bonchev–Trinajstić information content (AvgIpc) is 2.72. The third-order valence-corrected chi connectivity index (χ3v) is 2.94. The van der Waals surface area contributed by atoms with Crippen LogP contribution < -0.4 is 10.6 Å². The minimum absolute atomic E-state index is 0.131. The number of carbonyl (C=O) groups is 1. The quantitative estimate of drug-likeness (QED) is 0.720. The van der Waals surface area contributed by atoms with Crippen LogP contribution in [-0.2, 0) is 4.79 Å². The first kappa shape index (κ1) is 11.3. The van der Waals surface area contributed by atoms with Gasteiger partial charge in [0.1, 0.15) is 5.75 Å². The largest absolute Gasteiger partial charge is 0.508 e. The predicted molar refractivity (Wildman–Crippen MR) is 74.8 cm³/mol. The van der Waals surface area contributed by atoms with Gasteiger partial charge in [0.15, 0.2) is 0 Å². The summed E-state index contributed by atoms with van der Waals surface area (Å²) in [7, 11) is 0. The second-order valence-electron chi connectivity index (χ2n) is 4.25. The van der Waals surface area contributed by atoms with E-state index in [-0.39, 0.29) is 11.7 Å². The van der Waals surface area contributed by atoms with Gasteiger partial charge >= 0.3 is 0 Å².